The minimum absolute atomic E-state index is 0.0701. The van der Waals surface area contributed by atoms with Crippen LogP contribution in [-0.4, -0.2) is 23.2 Å². The maximum Gasteiger partial charge on any atom is 0.168 e. The number of hydrogen-bond donors (Lipinski definition) is 1. The van der Waals surface area contributed by atoms with Crippen LogP contribution in [0.5, 0.6) is 0 Å². The molecule has 1 aromatic carbocycles. The molecule has 142 valence electrons. The van der Waals surface area contributed by atoms with Crippen molar-refractivity contribution < 1.29 is 14.7 Å². The third-order valence-corrected chi connectivity index (χ3v) is 5.45. The van der Waals surface area contributed by atoms with Gasteiger partial charge in [-0.15, -0.1) is 0 Å². The van der Waals surface area contributed by atoms with Crippen LogP contribution in [-0.2, 0) is 9.63 Å². The van der Waals surface area contributed by atoms with Gasteiger partial charge in [-0.05, 0) is 62.3 Å². The summed E-state index contributed by atoms with van der Waals surface area (Å²) in [4.78, 5) is 18.0. The molecule has 1 unspecified atom stereocenters. The number of Topliss-reactive ketones (excluding diaryl/α,β-unsaturated/α-hetero) is 1. The number of carbonyl (C=O) groups excluding carboxylic acids is 1. The number of benzene rings is 1. The van der Waals surface area contributed by atoms with Crippen LogP contribution in [0.4, 0.5) is 0 Å². The summed E-state index contributed by atoms with van der Waals surface area (Å²) >= 11 is 6.43. The molecule has 5 heteroatoms. The van der Waals surface area contributed by atoms with Gasteiger partial charge in [-0.2, -0.15) is 0 Å². The number of ketones is 1. The van der Waals surface area contributed by atoms with Gasteiger partial charge in [0.25, 0.3) is 0 Å². The highest BCUT2D eigenvalue weighted by Gasteiger charge is 2.33. The van der Waals surface area contributed by atoms with Crippen molar-refractivity contribution in [1.82, 2.24) is 0 Å². The number of nitrogens with zero attached hydrogens (tertiary/aromatic N) is 1. The fraction of sp³-hybridized carbons (Fsp3) is 0.524. The van der Waals surface area contributed by atoms with E-state index in [2.05, 4.69) is 5.16 Å². The Balaban J connectivity index is 2.43. The molecule has 0 heterocycles. The van der Waals surface area contributed by atoms with Crippen molar-refractivity contribution in [1.29, 1.82) is 0 Å². The van der Waals surface area contributed by atoms with E-state index >= 15 is 0 Å². The van der Waals surface area contributed by atoms with Crippen molar-refractivity contribution in [3.8, 4) is 0 Å². The first-order valence-corrected chi connectivity index (χ1v) is 9.60. The maximum atomic E-state index is 12.9. The topological polar surface area (TPSA) is 58.9 Å². The Morgan fingerprint density at radius 1 is 1.27 bits per heavy atom. The van der Waals surface area contributed by atoms with Gasteiger partial charge in [0.05, 0.1) is 11.3 Å². The highest BCUT2D eigenvalue weighted by molar-refractivity contribution is 6.32. The molecule has 26 heavy (non-hydrogen) atoms. The molecule has 0 bridgehead atoms. The number of aryl methyl sites for hydroxylation is 2. The second-order valence-corrected chi connectivity index (χ2v) is 7.30. The summed E-state index contributed by atoms with van der Waals surface area (Å²) in [6.07, 6.45) is 2.18. The van der Waals surface area contributed by atoms with Gasteiger partial charge in [0.2, 0.25) is 0 Å². The standard InChI is InChI=1S/C21H28ClNO3/c1-6-8-16(23-26-7-2)20-17(24)10-15(11-18(20)25)19-12(3)9-13(4)21(22)14(19)5/h9,15,24H,6-8,10-11H2,1-5H3. The van der Waals surface area contributed by atoms with Crippen LogP contribution in [0.2, 0.25) is 5.02 Å². The Kier molecular flexibility index (Phi) is 6.87. The zero-order valence-electron chi connectivity index (χ0n) is 16.3. The molecule has 1 aliphatic rings. The molecular weight excluding hydrogens is 350 g/mol. The molecule has 0 spiro atoms. The van der Waals surface area contributed by atoms with Crippen LogP contribution in [0.1, 0.15) is 67.7 Å². The van der Waals surface area contributed by atoms with Gasteiger partial charge < -0.3 is 9.94 Å². The zero-order chi connectivity index (χ0) is 19.4. The van der Waals surface area contributed by atoms with Gasteiger partial charge in [-0.1, -0.05) is 36.2 Å². The normalized spacial score (nSPS) is 18.5. The van der Waals surface area contributed by atoms with E-state index in [0.29, 0.717) is 37.2 Å². The number of allylic oxidation sites excluding steroid dienone is 2. The van der Waals surface area contributed by atoms with Crippen molar-refractivity contribution in [2.75, 3.05) is 6.61 Å². The fourth-order valence-electron chi connectivity index (χ4n) is 3.83. The Labute approximate surface area is 160 Å². The number of rotatable bonds is 6. The largest absolute Gasteiger partial charge is 0.511 e. The summed E-state index contributed by atoms with van der Waals surface area (Å²) in [5.41, 5.74) is 5.08. The Morgan fingerprint density at radius 3 is 2.54 bits per heavy atom. The first kappa shape index (κ1) is 20.5. The molecule has 0 amide bonds. The van der Waals surface area contributed by atoms with Gasteiger partial charge in [0, 0.05) is 17.9 Å². The number of oxime groups is 1. The predicted molar refractivity (Wildman–Crippen MR) is 106 cm³/mol. The van der Waals surface area contributed by atoms with Crippen LogP contribution in [0, 0.1) is 20.8 Å². The molecule has 0 aliphatic heterocycles. The van der Waals surface area contributed by atoms with Crippen molar-refractivity contribution in [2.45, 2.75) is 66.2 Å². The van der Waals surface area contributed by atoms with Crippen LogP contribution >= 0.6 is 11.6 Å². The maximum absolute atomic E-state index is 12.9. The van der Waals surface area contributed by atoms with E-state index in [1.165, 1.54) is 0 Å². The second-order valence-electron chi connectivity index (χ2n) is 6.92. The lowest BCUT2D eigenvalue weighted by atomic mass is 9.77. The predicted octanol–water partition coefficient (Wildman–Crippen LogP) is 5.72. The van der Waals surface area contributed by atoms with Gasteiger partial charge in [0.15, 0.2) is 5.78 Å². The highest BCUT2D eigenvalue weighted by atomic mass is 35.5. The average Bonchev–Trinajstić information content (AvgIpc) is 2.57. The summed E-state index contributed by atoms with van der Waals surface area (Å²) in [6.45, 7) is 10.3. The molecule has 0 saturated carbocycles. The molecule has 0 fully saturated rings. The van der Waals surface area contributed by atoms with Crippen LogP contribution in [0.3, 0.4) is 0 Å². The third kappa shape index (κ3) is 4.12. The van der Waals surface area contributed by atoms with E-state index in [0.717, 1.165) is 33.7 Å². The van der Waals surface area contributed by atoms with Gasteiger partial charge >= 0.3 is 0 Å². The first-order valence-electron chi connectivity index (χ1n) is 9.22. The molecule has 1 aliphatic carbocycles. The monoisotopic (exact) mass is 377 g/mol. The molecule has 1 aromatic rings. The fourth-order valence-corrected chi connectivity index (χ4v) is 3.98. The average molecular weight is 378 g/mol. The summed E-state index contributed by atoms with van der Waals surface area (Å²) in [5.74, 6) is -0.0471. The van der Waals surface area contributed by atoms with E-state index in [4.69, 9.17) is 16.4 Å². The minimum atomic E-state index is -0.0823. The van der Waals surface area contributed by atoms with Crippen LogP contribution in [0.15, 0.2) is 22.6 Å². The molecular formula is C21H28ClNO3. The summed E-state index contributed by atoms with van der Waals surface area (Å²) < 4.78 is 0. The lowest BCUT2D eigenvalue weighted by Gasteiger charge is -2.27. The van der Waals surface area contributed by atoms with E-state index in [9.17, 15) is 9.90 Å². The molecule has 0 radical (unpaired) electrons. The van der Waals surface area contributed by atoms with Crippen molar-refractivity contribution >= 4 is 23.1 Å². The number of aliphatic hydroxyl groups excluding tert-OH is 1. The third-order valence-electron chi connectivity index (χ3n) is 4.86. The van der Waals surface area contributed by atoms with Gasteiger partial charge in [-0.25, -0.2) is 0 Å². The summed E-state index contributed by atoms with van der Waals surface area (Å²) in [6, 6.07) is 2.05. The van der Waals surface area contributed by atoms with E-state index in [1.807, 2.05) is 40.7 Å². The Morgan fingerprint density at radius 2 is 1.96 bits per heavy atom. The van der Waals surface area contributed by atoms with E-state index in [1.54, 1.807) is 0 Å². The van der Waals surface area contributed by atoms with Crippen molar-refractivity contribution in [2.24, 2.45) is 5.16 Å². The number of hydrogen-bond acceptors (Lipinski definition) is 4. The van der Waals surface area contributed by atoms with Crippen molar-refractivity contribution in [3.05, 3.63) is 44.7 Å². The molecule has 0 aromatic heterocycles. The molecule has 2 rings (SSSR count). The van der Waals surface area contributed by atoms with Crippen LogP contribution < -0.4 is 0 Å². The molecule has 0 saturated heterocycles. The Bertz CT molecular complexity index is 765. The smallest absolute Gasteiger partial charge is 0.168 e. The molecule has 1 N–H and O–H groups in total. The van der Waals surface area contributed by atoms with E-state index in [-0.39, 0.29) is 17.5 Å². The zero-order valence-corrected chi connectivity index (χ0v) is 17.0. The van der Waals surface area contributed by atoms with Gasteiger partial charge in [0.1, 0.15) is 12.4 Å². The number of aliphatic hydroxyl groups is 1. The number of carbonyl (C=O) groups is 1. The highest BCUT2D eigenvalue weighted by Crippen LogP contribution is 2.40. The second kappa shape index (κ2) is 8.72. The van der Waals surface area contributed by atoms with Gasteiger partial charge in [-0.3, -0.25) is 4.79 Å². The Hall–Kier alpha value is -1.81. The quantitative estimate of drug-likeness (QED) is 0.509. The molecule has 4 nitrogen and oxygen atoms in total. The summed E-state index contributed by atoms with van der Waals surface area (Å²) in [5, 5.41) is 15.5. The van der Waals surface area contributed by atoms with E-state index < -0.39 is 0 Å². The van der Waals surface area contributed by atoms with Crippen LogP contribution in [0.25, 0.3) is 0 Å². The van der Waals surface area contributed by atoms with Crippen molar-refractivity contribution in [3.63, 3.8) is 0 Å². The first-order chi connectivity index (χ1) is 12.3. The lowest BCUT2D eigenvalue weighted by Crippen LogP contribution is -2.25. The summed E-state index contributed by atoms with van der Waals surface area (Å²) in [7, 11) is 0. The molecule has 1 atom stereocenters. The number of halogens is 1. The minimum Gasteiger partial charge on any atom is -0.511 e. The SMILES string of the molecule is CCCC(=NOCC)C1=C(O)CC(c2c(C)cc(C)c(Cl)c2C)CC1=O. The lowest BCUT2D eigenvalue weighted by molar-refractivity contribution is -0.116.